The molecule has 1 aliphatic rings. The van der Waals surface area contributed by atoms with Gasteiger partial charge in [-0.3, -0.25) is 4.79 Å². The van der Waals surface area contributed by atoms with E-state index in [9.17, 15) is 9.18 Å². The van der Waals surface area contributed by atoms with Gasteiger partial charge in [-0.25, -0.2) is 4.39 Å². The largest absolute Gasteiger partial charge is 0.352 e. The highest BCUT2D eigenvalue weighted by atomic mass is 35.5. The lowest BCUT2D eigenvalue weighted by Crippen LogP contribution is -2.42. The topological polar surface area (TPSA) is 55.1 Å². The lowest BCUT2D eigenvalue weighted by atomic mass is 10.0. The van der Waals surface area contributed by atoms with Gasteiger partial charge in [0.2, 0.25) is 5.91 Å². The summed E-state index contributed by atoms with van der Waals surface area (Å²) in [4.78, 5) is 12.2. The molecule has 116 valence electrons. The smallest absolute Gasteiger partial charge is 0.224 e. The molecule has 21 heavy (non-hydrogen) atoms. The number of hydrogen-bond acceptors (Lipinski definition) is 2. The Labute approximate surface area is 130 Å². The van der Waals surface area contributed by atoms with Crippen LogP contribution in [0.3, 0.4) is 0 Å². The number of benzene rings is 1. The van der Waals surface area contributed by atoms with E-state index in [2.05, 4.69) is 19.2 Å². The van der Waals surface area contributed by atoms with Crippen LogP contribution in [0, 0.1) is 17.7 Å². The molecule has 1 aliphatic carbocycles. The molecule has 1 saturated carbocycles. The van der Waals surface area contributed by atoms with Crippen LogP contribution >= 0.6 is 11.6 Å². The lowest BCUT2D eigenvalue weighted by Gasteiger charge is -2.19. The van der Waals surface area contributed by atoms with Crippen LogP contribution in [0.1, 0.15) is 38.2 Å². The van der Waals surface area contributed by atoms with E-state index in [0.29, 0.717) is 29.5 Å². The normalized spacial score (nSPS) is 22.2. The van der Waals surface area contributed by atoms with E-state index in [0.717, 1.165) is 6.42 Å². The van der Waals surface area contributed by atoms with E-state index in [1.165, 1.54) is 6.07 Å². The first-order valence-corrected chi connectivity index (χ1v) is 7.76. The molecule has 1 amide bonds. The Kier molecular flexibility index (Phi) is 5.22. The van der Waals surface area contributed by atoms with Crippen LogP contribution in [-0.2, 0) is 4.79 Å². The zero-order chi connectivity index (χ0) is 15.6. The minimum absolute atomic E-state index is 0.0187. The van der Waals surface area contributed by atoms with E-state index in [1.807, 2.05) is 0 Å². The minimum atomic E-state index is -0.333. The lowest BCUT2D eigenvalue weighted by molar-refractivity contribution is -0.123. The summed E-state index contributed by atoms with van der Waals surface area (Å²) < 4.78 is 13.8. The molecule has 0 bridgehead atoms. The monoisotopic (exact) mass is 312 g/mol. The first kappa shape index (κ1) is 16.2. The van der Waals surface area contributed by atoms with Gasteiger partial charge in [-0.2, -0.15) is 0 Å². The maximum Gasteiger partial charge on any atom is 0.224 e. The third-order valence-corrected chi connectivity index (χ3v) is 4.21. The predicted molar refractivity (Wildman–Crippen MR) is 82.7 cm³/mol. The summed E-state index contributed by atoms with van der Waals surface area (Å²) in [6, 6.07) is 4.60. The minimum Gasteiger partial charge on any atom is -0.352 e. The first-order chi connectivity index (χ1) is 9.93. The summed E-state index contributed by atoms with van der Waals surface area (Å²) in [6.45, 7) is 4.60. The van der Waals surface area contributed by atoms with Gasteiger partial charge in [-0.05, 0) is 30.9 Å². The van der Waals surface area contributed by atoms with E-state index in [-0.39, 0.29) is 29.6 Å². The van der Waals surface area contributed by atoms with Gasteiger partial charge in [-0.1, -0.05) is 31.5 Å². The molecular formula is C16H22ClFN2O. The maximum absolute atomic E-state index is 13.8. The molecule has 1 fully saturated rings. The second-order valence-corrected chi connectivity index (χ2v) is 6.56. The van der Waals surface area contributed by atoms with Crippen LogP contribution in [-0.4, -0.2) is 18.5 Å². The number of carbonyl (C=O) groups is 1. The van der Waals surface area contributed by atoms with E-state index < -0.39 is 0 Å². The Morgan fingerprint density at radius 3 is 2.81 bits per heavy atom. The van der Waals surface area contributed by atoms with Crippen molar-refractivity contribution in [3.05, 3.63) is 34.6 Å². The zero-order valence-electron chi connectivity index (χ0n) is 12.4. The third-order valence-electron chi connectivity index (χ3n) is 3.88. The van der Waals surface area contributed by atoms with Crippen molar-refractivity contribution in [1.29, 1.82) is 0 Å². The summed E-state index contributed by atoms with van der Waals surface area (Å²) in [7, 11) is 0. The molecule has 0 heterocycles. The molecule has 3 atom stereocenters. The number of hydrogen-bond donors (Lipinski definition) is 2. The summed E-state index contributed by atoms with van der Waals surface area (Å²) in [5.41, 5.74) is 6.15. The van der Waals surface area contributed by atoms with Crippen molar-refractivity contribution >= 4 is 17.5 Å². The highest BCUT2D eigenvalue weighted by molar-refractivity contribution is 6.31. The average molecular weight is 313 g/mol. The van der Waals surface area contributed by atoms with Gasteiger partial charge in [0.05, 0.1) is 0 Å². The Bertz CT molecular complexity index is 501. The van der Waals surface area contributed by atoms with E-state index in [4.69, 9.17) is 17.3 Å². The van der Waals surface area contributed by atoms with Gasteiger partial charge in [-0.15, -0.1) is 0 Å². The summed E-state index contributed by atoms with van der Waals surface area (Å²) in [5.74, 6) is -0.220. The van der Waals surface area contributed by atoms with Crippen molar-refractivity contribution in [1.82, 2.24) is 5.32 Å². The van der Waals surface area contributed by atoms with Crippen molar-refractivity contribution in [2.24, 2.45) is 17.6 Å². The highest BCUT2D eigenvalue weighted by Gasteiger charge is 2.46. The molecule has 2 rings (SSSR count). The molecule has 5 heteroatoms. The van der Waals surface area contributed by atoms with Gasteiger partial charge in [0.1, 0.15) is 5.82 Å². The third kappa shape index (κ3) is 3.95. The number of carbonyl (C=O) groups excluding carboxylic acids is 1. The van der Waals surface area contributed by atoms with Crippen LogP contribution in [0.4, 0.5) is 4.39 Å². The number of nitrogens with two attached hydrogens (primary N) is 1. The molecule has 0 aromatic heterocycles. The van der Waals surface area contributed by atoms with Crippen LogP contribution in [0.2, 0.25) is 5.02 Å². The Hall–Kier alpha value is -1.13. The highest BCUT2D eigenvalue weighted by Crippen LogP contribution is 2.50. The number of halogens is 2. The standard InChI is InChI=1S/C16H22ClFN2O/c1-9(2)6-10(8-19)20-16(21)12-7-11(12)15-13(17)4-3-5-14(15)18/h3-5,9-12H,6-8,19H2,1-2H3,(H,20,21). The van der Waals surface area contributed by atoms with Gasteiger partial charge in [0.15, 0.2) is 0 Å². The molecule has 0 aliphatic heterocycles. The van der Waals surface area contributed by atoms with Crippen molar-refractivity contribution in [2.45, 2.75) is 38.6 Å². The van der Waals surface area contributed by atoms with Crippen molar-refractivity contribution < 1.29 is 9.18 Å². The van der Waals surface area contributed by atoms with Crippen molar-refractivity contribution in [3.63, 3.8) is 0 Å². The van der Waals surface area contributed by atoms with Crippen LogP contribution in [0.5, 0.6) is 0 Å². The van der Waals surface area contributed by atoms with Gasteiger partial charge >= 0.3 is 0 Å². The molecule has 1 aromatic rings. The number of amides is 1. The maximum atomic E-state index is 13.8. The second-order valence-electron chi connectivity index (χ2n) is 6.15. The summed E-state index contributed by atoms with van der Waals surface area (Å²) in [5, 5.41) is 3.37. The fourth-order valence-corrected chi connectivity index (χ4v) is 3.06. The fraction of sp³-hybridized carbons (Fsp3) is 0.562. The molecule has 3 N–H and O–H groups in total. The van der Waals surface area contributed by atoms with Gasteiger partial charge in [0.25, 0.3) is 0 Å². The van der Waals surface area contributed by atoms with Crippen LogP contribution < -0.4 is 11.1 Å². The molecule has 0 saturated heterocycles. The molecule has 0 radical (unpaired) electrons. The summed E-state index contributed by atoms with van der Waals surface area (Å²) in [6.07, 6.45) is 1.49. The van der Waals surface area contributed by atoms with Crippen molar-refractivity contribution in [3.8, 4) is 0 Å². The van der Waals surface area contributed by atoms with Gasteiger partial charge < -0.3 is 11.1 Å². The number of nitrogens with one attached hydrogen (secondary N) is 1. The second kappa shape index (κ2) is 6.75. The Morgan fingerprint density at radius 2 is 2.24 bits per heavy atom. The van der Waals surface area contributed by atoms with Crippen LogP contribution in [0.25, 0.3) is 0 Å². The first-order valence-electron chi connectivity index (χ1n) is 7.38. The fourth-order valence-electron chi connectivity index (χ4n) is 2.76. The Balaban J connectivity index is 1.98. The molecular weight excluding hydrogens is 291 g/mol. The molecule has 3 unspecified atom stereocenters. The Morgan fingerprint density at radius 1 is 1.52 bits per heavy atom. The quantitative estimate of drug-likeness (QED) is 0.848. The van der Waals surface area contributed by atoms with Crippen molar-refractivity contribution in [2.75, 3.05) is 6.54 Å². The zero-order valence-corrected chi connectivity index (χ0v) is 13.2. The van der Waals surface area contributed by atoms with Gasteiger partial charge in [0, 0.05) is 35.0 Å². The predicted octanol–water partition coefficient (Wildman–Crippen LogP) is 3.07. The average Bonchev–Trinajstić information content (AvgIpc) is 3.17. The van der Waals surface area contributed by atoms with Crippen LogP contribution in [0.15, 0.2) is 18.2 Å². The molecule has 0 spiro atoms. The molecule has 3 nitrogen and oxygen atoms in total. The summed E-state index contributed by atoms with van der Waals surface area (Å²) >= 11 is 6.04. The number of rotatable bonds is 6. The SMILES string of the molecule is CC(C)CC(CN)NC(=O)C1CC1c1c(F)cccc1Cl. The van der Waals surface area contributed by atoms with E-state index >= 15 is 0 Å². The van der Waals surface area contributed by atoms with E-state index in [1.54, 1.807) is 12.1 Å². The molecule has 1 aromatic carbocycles.